The van der Waals surface area contributed by atoms with Gasteiger partial charge in [-0.25, -0.2) is 0 Å². The van der Waals surface area contributed by atoms with Crippen LogP contribution >= 0.6 is 11.8 Å². The summed E-state index contributed by atoms with van der Waals surface area (Å²) < 4.78 is 0. The number of rotatable bonds is 8. The molecule has 1 saturated carbocycles. The van der Waals surface area contributed by atoms with Gasteiger partial charge in [-0.2, -0.15) is 11.8 Å². The zero-order valence-corrected chi connectivity index (χ0v) is 11.5. The molecule has 1 aliphatic carbocycles. The summed E-state index contributed by atoms with van der Waals surface area (Å²) in [6, 6.07) is 0. The minimum absolute atomic E-state index is 0.404. The Morgan fingerprint density at radius 3 is 2.62 bits per heavy atom. The van der Waals surface area contributed by atoms with Gasteiger partial charge >= 0.3 is 0 Å². The third-order valence-corrected chi connectivity index (χ3v) is 4.48. The smallest absolute Gasteiger partial charge is 0.136 e. The molecule has 0 aromatic carbocycles. The van der Waals surface area contributed by atoms with Crippen molar-refractivity contribution in [1.29, 1.82) is 0 Å². The zero-order chi connectivity index (χ0) is 11.8. The molecule has 2 nitrogen and oxygen atoms in total. The van der Waals surface area contributed by atoms with Gasteiger partial charge < -0.3 is 4.90 Å². The van der Waals surface area contributed by atoms with Crippen LogP contribution in [0.4, 0.5) is 0 Å². The fourth-order valence-electron chi connectivity index (χ4n) is 2.25. The van der Waals surface area contributed by atoms with Crippen LogP contribution in [0, 0.1) is 5.92 Å². The van der Waals surface area contributed by atoms with E-state index in [0.29, 0.717) is 11.7 Å². The summed E-state index contributed by atoms with van der Waals surface area (Å²) >= 11 is 2.01. The Kier molecular flexibility index (Phi) is 7.13. The van der Waals surface area contributed by atoms with E-state index in [1.54, 1.807) is 0 Å². The van der Waals surface area contributed by atoms with Gasteiger partial charge in [0, 0.05) is 24.6 Å². The number of nitrogens with zero attached hydrogens (tertiary/aromatic N) is 1. The van der Waals surface area contributed by atoms with Crippen molar-refractivity contribution < 1.29 is 4.79 Å². The Balaban J connectivity index is 1.97. The minimum atomic E-state index is 0.404. The van der Waals surface area contributed by atoms with Gasteiger partial charge in [-0.15, -0.1) is 0 Å². The quantitative estimate of drug-likeness (QED) is 0.611. The third-order valence-electron chi connectivity index (χ3n) is 3.49. The van der Waals surface area contributed by atoms with Gasteiger partial charge in [0.1, 0.15) is 5.78 Å². The Labute approximate surface area is 104 Å². The lowest BCUT2D eigenvalue weighted by atomic mass is 10.1. The van der Waals surface area contributed by atoms with Crippen molar-refractivity contribution in [1.82, 2.24) is 4.90 Å². The molecule has 16 heavy (non-hydrogen) atoms. The molecule has 1 unspecified atom stereocenters. The molecule has 1 aliphatic rings. The lowest BCUT2D eigenvalue weighted by Gasteiger charge is -2.17. The molecule has 1 atom stereocenters. The number of carbonyl (C=O) groups is 1. The van der Waals surface area contributed by atoms with Crippen LogP contribution in [-0.2, 0) is 4.79 Å². The Morgan fingerprint density at radius 2 is 2.06 bits per heavy atom. The van der Waals surface area contributed by atoms with Crippen molar-refractivity contribution in [2.24, 2.45) is 5.92 Å². The van der Waals surface area contributed by atoms with Crippen LogP contribution in [-0.4, -0.2) is 41.8 Å². The molecule has 0 spiro atoms. The van der Waals surface area contributed by atoms with E-state index in [4.69, 9.17) is 0 Å². The minimum Gasteiger partial charge on any atom is -0.303 e. The second-order valence-electron chi connectivity index (χ2n) is 4.48. The lowest BCUT2D eigenvalue weighted by molar-refractivity contribution is -0.120. The highest BCUT2D eigenvalue weighted by molar-refractivity contribution is 7.99. The van der Waals surface area contributed by atoms with Crippen molar-refractivity contribution in [3.05, 3.63) is 0 Å². The fourth-order valence-corrected chi connectivity index (χ4v) is 3.30. The molecule has 0 bridgehead atoms. The van der Waals surface area contributed by atoms with Crippen LogP contribution in [0.15, 0.2) is 0 Å². The standard InChI is InChI=1S/C13H25NOS/c1-3-14(4-2)9-11-16-10-8-12-6-5-7-13(12)15/h12H,3-11H2,1-2H3. The number of hydrogen-bond acceptors (Lipinski definition) is 3. The van der Waals surface area contributed by atoms with E-state index in [1.807, 2.05) is 11.8 Å². The maximum atomic E-state index is 11.4. The second-order valence-corrected chi connectivity index (χ2v) is 5.71. The van der Waals surface area contributed by atoms with Crippen molar-refractivity contribution in [2.45, 2.75) is 39.5 Å². The fraction of sp³-hybridized carbons (Fsp3) is 0.923. The molecule has 0 amide bonds. The number of thioether (sulfide) groups is 1. The van der Waals surface area contributed by atoms with Gasteiger partial charge in [-0.1, -0.05) is 13.8 Å². The molecule has 1 fully saturated rings. The number of Topliss-reactive ketones (excluding diaryl/α,β-unsaturated/α-hetero) is 1. The highest BCUT2D eigenvalue weighted by Crippen LogP contribution is 2.25. The summed E-state index contributed by atoms with van der Waals surface area (Å²) in [4.78, 5) is 13.9. The predicted octanol–water partition coefficient (Wildman–Crippen LogP) is 2.82. The van der Waals surface area contributed by atoms with Crippen molar-refractivity contribution in [3.63, 3.8) is 0 Å². The summed E-state index contributed by atoms with van der Waals surface area (Å²) in [5.74, 6) is 3.30. The molecular weight excluding hydrogens is 218 g/mol. The van der Waals surface area contributed by atoms with E-state index < -0.39 is 0 Å². The van der Waals surface area contributed by atoms with Crippen LogP contribution in [0.5, 0.6) is 0 Å². The highest BCUT2D eigenvalue weighted by atomic mass is 32.2. The Bertz CT molecular complexity index is 204. The lowest BCUT2D eigenvalue weighted by Crippen LogP contribution is -2.25. The predicted molar refractivity (Wildman–Crippen MR) is 72.1 cm³/mol. The van der Waals surface area contributed by atoms with E-state index in [0.717, 1.165) is 44.5 Å². The van der Waals surface area contributed by atoms with Gasteiger partial charge in [-0.3, -0.25) is 4.79 Å². The second kappa shape index (κ2) is 8.13. The number of hydrogen-bond donors (Lipinski definition) is 0. The Morgan fingerprint density at radius 1 is 1.31 bits per heavy atom. The van der Waals surface area contributed by atoms with Gasteiger partial charge in [-0.05, 0) is 38.1 Å². The molecule has 0 radical (unpaired) electrons. The summed E-state index contributed by atoms with van der Waals surface area (Å²) in [5, 5.41) is 0. The number of carbonyl (C=O) groups excluding carboxylic acids is 1. The average Bonchev–Trinajstić information content (AvgIpc) is 2.70. The molecule has 1 rings (SSSR count). The molecule has 0 N–H and O–H groups in total. The van der Waals surface area contributed by atoms with E-state index in [-0.39, 0.29) is 0 Å². The summed E-state index contributed by atoms with van der Waals surface area (Å²) in [7, 11) is 0. The molecule has 0 aliphatic heterocycles. The first kappa shape index (κ1) is 14.0. The molecule has 3 heteroatoms. The van der Waals surface area contributed by atoms with E-state index in [1.165, 1.54) is 12.3 Å². The topological polar surface area (TPSA) is 20.3 Å². The van der Waals surface area contributed by atoms with E-state index in [9.17, 15) is 4.79 Å². The summed E-state index contributed by atoms with van der Waals surface area (Å²) in [6.45, 7) is 7.92. The van der Waals surface area contributed by atoms with Gasteiger partial charge in [0.25, 0.3) is 0 Å². The molecular formula is C13H25NOS. The number of ketones is 1. The first-order valence-corrected chi connectivity index (χ1v) is 7.76. The Hall–Kier alpha value is -0.0200. The third kappa shape index (κ3) is 4.88. The van der Waals surface area contributed by atoms with E-state index in [2.05, 4.69) is 18.7 Å². The van der Waals surface area contributed by atoms with Crippen LogP contribution in [0.1, 0.15) is 39.5 Å². The SMILES string of the molecule is CCN(CC)CCSCCC1CCCC1=O. The van der Waals surface area contributed by atoms with Crippen molar-refractivity contribution >= 4 is 17.5 Å². The molecule has 0 aromatic rings. The largest absolute Gasteiger partial charge is 0.303 e. The molecule has 0 heterocycles. The molecule has 0 aromatic heterocycles. The first-order valence-electron chi connectivity index (χ1n) is 6.60. The van der Waals surface area contributed by atoms with Crippen molar-refractivity contribution in [3.8, 4) is 0 Å². The zero-order valence-electron chi connectivity index (χ0n) is 10.7. The maximum Gasteiger partial charge on any atom is 0.136 e. The monoisotopic (exact) mass is 243 g/mol. The van der Waals surface area contributed by atoms with Gasteiger partial charge in [0.15, 0.2) is 0 Å². The highest BCUT2D eigenvalue weighted by Gasteiger charge is 2.23. The van der Waals surface area contributed by atoms with Crippen molar-refractivity contribution in [2.75, 3.05) is 31.1 Å². The molecule has 94 valence electrons. The maximum absolute atomic E-state index is 11.4. The normalized spacial score (nSPS) is 20.9. The van der Waals surface area contributed by atoms with Gasteiger partial charge in [0.05, 0.1) is 0 Å². The van der Waals surface area contributed by atoms with Gasteiger partial charge in [0.2, 0.25) is 0 Å². The summed E-state index contributed by atoms with van der Waals surface area (Å²) in [6.07, 6.45) is 4.24. The average molecular weight is 243 g/mol. The van der Waals surface area contributed by atoms with Crippen LogP contribution < -0.4 is 0 Å². The van der Waals surface area contributed by atoms with Crippen LogP contribution in [0.3, 0.4) is 0 Å². The summed E-state index contributed by atoms with van der Waals surface area (Å²) in [5.41, 5.74) is 0. The van der Waals surface area contributed by atoms with E-state index >= 15 is 0 Å². The molecule has 0 saturated heterocycles. The van der Waals surface area contributed by atoms with Crippen LogP contribution in [0.25, 0.3) is 0 Å². The first-order chi connectivity index (χ1) is 7.77. The van der Waals surface area contributed by atoms with Crippen LogP contribution in [0.2, 0.25) is 0 Å².